The minimum atomic E-state index is 0.685. The zero-order valence-corrected chi connectivity index (χ0v) is 15.5. The zero-order chi connectivity index (χ0) is 17.9. The maximum Gasteiger partial charge on any atom is 0.0991 e. The van der Waals surface area contributed by atoms with Crippen molar-refractivity contribution in [3.05, 3.63) is 54.1 Å². The largest absolute Gasteiger partial charge is 0.318 e. The second-order valence-corrected chi connectivity index (χ2v) is 6.50. The lowest BCUT2D eigenvalue weighted by atomic mass is 10.0. The van der Waals surface area contributed by atoms with Crippen LogP contribution in [0.25, 0.3) is 11.1 Å². The van der Waals surface area contributed by atoms with Gasteiger partial charge in [0.2, 0.25) is 0 Å². The third-order valence-electron chi connectivity index (χ3n) is 4.08. The van der Waals surface area contributed by atoms with Crippen LogP contribution in [0.1, 0.15) is 12.0 Å². The number of thiol groups is 1. The van der Waals surface area contributed by atoms with E-state index in [9.17, 15) is 0 Å². The quantitative estimate of drug-likeness (QED) is 0.493. The van der Waals surface area contributed by atoms with Crippen LogP contribution in [-0.4, -0.2) is 39.3 Å². The molecule has 2 aromatic carbocycles. The molecule has 4 nitrogen and oxygen atoms in total. The molecular weight excluding hydrogens is 328 g/mol. The summed E-state index contributed by atoms with van der Waals surface area (Å²) in [6.45, 7) is 4.47. The maximum atomic E-state index is 8.68. The summed E-state index contributed by atoms with van der Waals surface area (Å²) in [7, 11) is 1.98. The fourth-order valence-corrected chi connectivity index (χ4v) is 2.77. The molecule has 25 heavy (non-hydrogen) atoms. The van der Waals surface area contributed by atoms with Crippen molar-refractivity contribution in [3.63, 3.8) is 0 Å². The highest BCUT2D eigenvalue weighted by atomic mass is 32.1. The van der Waals surface area contributed by atoms with Gasteiger partial charge >= 0.3 is 0 Å². The van der Waals surface area contributed by atoms with Crippen LogP contribution in [0.15, 0.2) is 53.4 Å². The van der Waals surface area contributed by atoms with Crippen LogP contribution >= 0.6 is 12.6 Å². The second kappa shape index (κ2) is 10.9. The number of nitrogens with one attached hydrogen (secondary N) is 3. The number of hydrogen-bond acceptors (Lipinski definition) is 5. The molecule has 0 radical (unpaired) electrons. The third-order valence-corrected chi connectivity index (χ3v) is 4.38. The molecule has 1 unspecified atom stereocenters. The van der Waals surface area contributed by atoms with Crippen molar-refractivity contribution < 1.29 is 0 Å². The van der Waals surface area contributed by atoms with E-state index in [0.717, 1.165) is 35.7 Å². The van der Waals surface area contributed by atoms with Crippen molar-refractivity contribution in [2.75, 3.05) is 33.2 Å². The Bertz CT molecular complexity index is 656. The highest BCUT2D eigenvalue weighted by molar-refractivity contribution is 7.80. The fraction of sp³-hybridized carbons (Fsp3) is 0.350. The van der Waals surface area contributed by atoms with Crippen LogP contribution in [0.2, 0.25) is 0 Å². The summed E-state index contributed by atoms with van der Waals surface area (Å²) in [6.07, 6.45) is 1.28. The predicted octanol–water partition coefficient (Wildman–Crippen LogP) is 2.67. The van der Waals surface area contributed by atoms with Gasteiger partial charge in [0, 0.05) is 30.6 Å². The van der Waals surface area contributed by atoms with E-state index in [1.54, 1.807) is 0 Å². The molecule has 1 saturated heterocycles. The van der Waals surface area contributed by atoms with E-state index in [2.05, 4.69) is 34.6 Å². The van der Waals surface area contributed by atoms with Crippen molar-refractivity contribution in [3.8, 4) is 17.2 Å². The van der Waals surface area contributed by atoms with Crippen molar-refractivity contribution >= 4 is 12.6 Å². The van der Waals surface area contributed by atoms with Crippen LogP contribution < -0.4 is 16.0 Å². The number of rotatable bonds is 5. The molecule has 1 aliphatic heterocycles. The lowest BCUT2D eigenvalue weighted by molar-refractivity contribution is 0.539. The molecule has 5 heteroatoms. The first-order valence-corrected chi connectivity index (χ1v) is 9.06. The molecule has 0 amide bonds. The van der Waals surface area contributed by atoms with Gasteiger partial charge in [-0.15, -0.1) is 12.6 Å². The summed E-state index contributed by atoms with van der Waals surface area (Å²) < 4.78 is 0. The number of nitriles is 1. The van der Waals surface area contributed by atoms with Crippen LogP contribution in [0.4, 0.5) is 0 Å². The Labute approximate surface area is 156 Å². The summed E-state index contributed by atoms with van der Waals surface area (Å²) in [5.74, 6) is 0. The van der Waals surface area contributed by atoms with Gasteiger partial charge < -0.3 is 16.0 Å². The van der Waals surface area contributed by atoms with Gasteiger partial charge in [0.05, 0.1) is 11.6 Å². The molecule has 0 bridgehead atoms. The van der Waals surface area contributed by atoms with E-state index >= 15 is 0 Å². The summed E-state index contributed by atoms with van der Waals surface area (Å²) in [4.78, 5) is 0.951. The average Bonchev–Trinajstić information content (AvgIpc) is 3.17. The van der Waals surface area contributed by atoms with Gasteiger partial charge in [-0.2, -0.15) is 5.26 Å². The molecule has 0 saturated carbocycles. The average molecular weight is 355 g/mol. The van der Waals surface area contributed by atoms with Gasteiger partial charge in [0.1, 0.15) is 0 Å². The molecule has 1 aliphatic rings. The summed E-state index contributed by atoms with van der Waals surface area (Å²) in [5, 5.41) is 18.6. The van der Waals surface area contributed by atoms with Gasteiger partial charge in [0.15, 0.2) is 0 Å². The lowest BCUT2D eigenvalue weighted by Crippen LogP contribution is -2.35. The Kier molecular flexibility index (Phi) is 8.50. The molecule has 3 rings (SSSR count). The number of hydrogen-bond donors (Lipinski definition) is 4. The first-order chi connectivity index (χ1) is 12.2. The zero-order valence-electron chi connectivity index (χ0n) is 14.6. The van der Waals surface area contributed by atoms with Crippen molar-refractivity contribution in [1.82, 2.24) is 16.0 Å². The Hall–Kier alpha value is -1.84. The molecule has 0 aliphatic carbocycles. The first-order valence-electron chi connectivity index (χ1n) is 8.61. The Balaban J connectivity index is 0.000000196. The van der Waals surface area contributed by atoms with Gasteiger partial charge in [-0.1, -0.05) is 24.3 Å². The SMILES string of the molecule is CNCCNC1CCNC1.N#Cc1ccc(-c2ccc(S)cc2)cc1. The number of benzene rings is 2. The van der Waals surface area contributed by atoms with Crippen molar-refractivity contribution in [1.29, 1.82) is 5.26 Å². The van der Waals surface area contributed by atoms with Crippen LogP contribution in [0.3, 0.4) is 0 Å². The second-order valence-electron chi connectivity index (χ2n) is 5.98. The summed E-state index contributed by atoms with van der Waals surface area (Å²) >= 11 is 4.23. The normalized spacial score (nSPS) is 16.0. The van der Waals surface area contributed by atoms with Gasteiger partial charge in [-0.3, -0.25) is 0 Å². The van der Waals surface area contributed by atoms with Crippen LogP contribution in [0, 0.1) is 11.3 Å². The minimum Gasteiger partial charge on any atom is -0.318 e. The molecule has 1 heterocycles. The first kappa shape index (κ1) is 19.5. The van der Waals surface area contributed by atoms with Crippen molar-refractivity contribution in [2.24, 2.45) is 0 Å². The van der Waals surface area contributed by atoms with Gasteiger partial charge in [-0.25, -0.2) is 0 Å². The molecule has 1 fully saturated rings. The monoisotopic (exact) mass is 354 g/mol. The Morgan fingerprint density at radius 1 is 1.08 bits per heavy atom. The molecule has 132 valence electrons. The highest BCUT2D eigenvalue weighted by Crippen LogP contribution is 2.21. The molecule has 0 aromatic heterocycles. The molecule has 1 atom stereocenters. The van der Waals surface area contributed by atoms with E-state index in [-0.39, 0.29) is 0 Å². The van der Waals surface area contributed by atoms with Crippen LogP contribution in [-0.2, 0) is 0 Å². The van der Waals surface area contributed by atoms with E-state index in [0.29, 0.717) is 11.6 Å². The van der Waals surface area contributed by atoms with E-state index < -0.39 is 0 Å². The molecular formula is C20H26N4S. The van der Waals surface area contributed by atoms with Gasteiger partial charge in [0.25, 0.3) is 0 Å². The molecule has 3 N–H and O–H groups in total. The van der Waals surface area contributed by atoms with E-state index in [1.807, 2.05) is 55.6 Å². The topological polar surface area (TPSA) is 59.9 Å². The van der Waals surface area contributed by atoms with E-state index in [4.69, 9.17) is 5.26 Å². The standard InChI is InChI=1S/C13H9NS.C7H17N3/c14-9-10-1-3-11(4-2-10)12-5-7-13(15)8-6-12;1-8-4-5-10-7-2-3-9-6-7/h1-8,15H;7-10H,2-6H2,1H3. The minimum absolute atomic E-state index is 0.685. The predicted molar refractivity (Wildman–Crippen MR) is 107 cm³/mol. The smallest absolute Gasteiger partial charge is 0.0991 e. The highest BCUT2D eigenvalue weighted by Gasteiger charge is 2.11. The van der Waals surface area contributed by atoms with Crippen LogP contribution in [0.5, 0.6) is 0 Å². The summed E-state index contributed by atoms with van der Waals surface area (Å²) in [6, 6.07) is 18.3. The number of nitrogens with zero attached hydrogens (tertiary/aromatic N) is 1. The van der Waals surface area contributed by atoms with Crippen molar-refractivity contribution in [2.45, 2.75) is 17.4 Å². The fourth-order valence-electron chi connectivity index (χ4n) is 2.62. The van der Waals surface area contributed by atoms with E-state index in [1.165, 1.54) is 13.0 Å². The molecule has 2 aromatic rings. The molecule has 0 spiro atoms. The lowest BCUT2D eigenvalue weighted by Gasteiger charge is -2.09. The number of likely N-dealkylation sites (N-methyl/N-ethyl adjacent to an activating group) is 1. The summed E-state index contributed by atoms with van der Waals surface area (Å²) in [5.41, 5.74) is 2.93. The maximum absolute atomic E-state index is 8.68. The Morgan fingerprint density at radius 3 is 2.24 bits per heavy atom. The third kappa shape index (κ3) is 6.89. The Morgan fingerprint density at radius 2 is 1.72 bits per heavy atom. The van der Waals surface area contributed by atoms with Gasteiger partial charge in [-0.05, 0) is 55.4 Å².